The summed E-state index contributed by atoms with van der Waals surface area (Å²) in [5.41, 5.74) is 1.14. The van der Waals surface area contributed by atoms with E-state index in [-0.39, 0.29) is 17.3 Å². The monoisotopic (exact) mass is 444 g/mol. The predicted octanol–water partition coefficient (Wildman–Crippen LogP) is 3.28. The molecule has 1 aliphatic heterocycles. The Morgan fingerprint density at radius 1 is 1.16 bits per heavy atom. The first-order valence-electron chi connectivity index (χ1n) is 9.85. The molecule has 4 rings (SSSR count). The Balaban J connectivity index is 1.51. The maximum atomic E-state index is 13.1. The van der Waals surface area contributed by atoms with Crippen LogP contribution in [0.1, 0.15) is 18.4 Å². The van der Waals surface area contributed by atoms with E-state index in [1.807, 2.05) is 0 Å². The van der Waals surface area contributed by atoms with E-state index < -0.39 is 27.4 Å². The van der Waals surface area contributed by atoms with Gasteiger partial charge < -0.3 is 9.73 Å². The van der Waals surface area contributed by atoms with Gasteiger partial charge in [-0.25, -0.2) is 17.6 Å². The molecule has 9 heteroatoms. The molecule has 1 amide bonds. The minimum atomic E-state index is -3.82. The topological polar surface area (TPSA) is 96.7 Å². The van der Waals surface area contributed by atoms with Crippen LogP contribution in [-0.2, 0) is 14.8 Å². The van der Waals surface area contributed by atoms with Gasteiger partial charge in [-0.2, -0.15) is 4.31 Å². The normalized spacial score (nSPS) is 17.5. The van der Waals surface area contributed by atoms with Crippen LogP contribution >= 0.6 is 0 Å². The smallest absolute Gasteiger partial charge is 0.336 e. The molecule has 0 spiro atoms. The van der Waals surface area contributed by atoms with E-state index in [1.165, 1.54) is 22.5 Å². The molecule has 0 radical (unpaired) electrons. The lowest BCUT2D eigenvalue weighted by molar-refractivity contribution is -0.120. The van der Waals surface area contributed by atoms with Crippen LogP contribution < -0.4 is 10.9 Å². The zero-order valence-corrected chi connectivity index (χ0v) is 17.6. The molecule has 1 fully saturated rings. The summed E-state index contributed by atoms with van der Waals surface area (Å²) in [7, 11) is -3.82. The summed E-state index contributed by atoms with van der Waals surface area (Å²) in [6.45, 7) is 2.13. The summed E-state index contributed by atoms with van der Waals surface area (Å²) in [4.78, 5) is 24.4. The van der Waals surface area contributed by atoms with Crippen molar-refractivity contribution in [2.45, 2.75) is 24.7 Å². The number of nitrogens with one attached hydrogen (secondary N) is 1. The third kappa shape index (κ3) is 4.38. The molecule has 1 aromatic heterocycles. The number of amides is 1. The zero-order chi connectivity index (χ0) is 22.2. The van der Waals surface area contributed by atoms with E-state index in [1.54, 1.807) is 25.1 Å². The minimum Gasteiger partial charge on any atom is -0.423 e. The number of hydrogen-bond acceptors (Lipinski definition) is 5. The molecule has 7 nitrogen and oxygen atoms in total. The van der Waals surface area contributed by atoms with Crippen molar-refractivity contribution < 1.29 is 22.0 Å². The minimum absolute atomic E-state index is 0.00474. The van der Waals surface area contributed by atoms with Crippen molar-refractivity contribution in [2.75, 3.05) is 18.4 Å². The Morgan fingerprint density at radius 2 is 1.90 bits per heavy atom. The third-order valence-corrected chi connectivity index (χ3v) is 7.30. The van der Waals surface area contributed by atoms with Crippen LogP contribution in [0, 0.1) is 18.7 Å². The van der Waals surface area contributed by atoms with Crippen molar-refractivity contribution in [3.63, 3.8) is 0 Å². The molecule has 3 aromatic rings. The van der Waals surface area contributed by atoms with Crippen LogP contribution in [0.15, 0.2) is 62.6 Å². The van der Waals surface area contributed by atoms with Gasteiger partial charge in [-0.1, -0.05) is 0 Å². The van der Waals surface area contributed by atoms with Gasteiger partial charge in [-0.15, -0.1) is 0 Å². The fourth-order valence-corrected chi connectivity index (χ4v) is 5.30. The van der Waals surface area contributed by atoms with Crippen molar-refractivity contribution in [3.8, 4) is 0 Å². The predicted molar refractivity (Wildman–Crippen MR) is 114 cm³/mol. The van der Waals surface area contributed by atoms with Gasteiger partial charge in [0, 0.05) is 36.3 Å². The van der Waals surface area contributed by atoms with Gasteiger partial charge in [0.2, 0.25) is 15.9 Å². The van der Waals surface area contributed by atoms with Gasteiger partial charge >= 0.3 is 5.63 Å². The molecule has 1 atom stereocenters. The summed E-state index contributed by atoms with van der Waals surface area (Å²) in [5.74, 6) is -1.37. The van der Waals surface area contributed by atoms with Crippen LogP contribution in [0.5, 0.6) is 0 Å². The molecular formula is C22H21FN2O5S. The number of piperidine rings is 1. The molecule has 2 heterocycles. The summed E-state index contributed by atoms with van der Waals surface area (Å²) in [5, 5.41) is 3.56. The summed E-state index contributed by atoms with van der Waals surface area (Å²) < 4.78 is 45.3. The van der Waals surface area contributed by atoms with E-state index in [0.29, 0.717) is 30.7 Å². The van der Waals surface area contributed by atoms with Gasteiger partial charge in [-0.3, -0.25) is 4.79 Å². The van der Waals surface area contributed by atoms with E-state index >= 15 is 0 Å². The summed E-state index contributed by atoms with van der Waals surface area (Å²) in [6, 6.07) is 11.1. The molecule has 1 N–H and O–H groups in total. The summed E-state index contributed by atoms with van der Waals surface area (Å²) in [6.07, 6.45) is 1.08. The number of benzene rings is 2. The number of halogens is 1. The summed E-state index contributed by atoms with van der Waals surface area (Å²) >= 11 is 0. The Hall–Kier alpha value is -3.04. The first-order chi connectivity index (χ1) is 14.7. The van der Waals surface area contributed by atoms with E-state index in [9.17, 15) is 22.4 Å². The Kier molecular flexibility index (Phi) is 5.63. The standard InChI is InChI=1S/C22H21FN2O5S/c1-14-11-21(26)30-20-12-17(6-9-19(14)20)24-22(27)15-3-2-10-25(13-15)31(28,29)18-7-4-16(23)5-8-18/h4-9,11-12,15H,2-3,10,13H2,1H3,(H,24,27)/t15-/m0/s1. The molecular weight excluding hydrogens is 423 g/mol. The second kappa shape index (κ2) is 8.24. The Labute approximate surface area is 178 Å². The van der Waals surface area contributed by atoms with Crippen LogP contribution in [0.3, 0.4) is 0 Å². The van der Waals surface area contributed by atoms with Crippen LogP contribution in [0.4, 0.5) is 10.1 Å². The highest BCUT2D eigenvalue weighted by Gasteiger charge is 2.33. The number of hydrogen-bond donors (Lipinski definition) is 1. The molecule has 0 aliphatic carbocycles. The maximum Gasteiger partial charge on any atom is 0.336 e. The van der Waals surface area contributed by atoms with Crippen molar-refractivity contribution in [3.05, 3.63) is 70.3 Å². The first kappa shape index (κ1) is 21.2. The van der Waals surface area contributed by atoms with E-state index in [0.717, 1.165) is 23.1 Å². The van der Waals surface area contributed by atoms with Crippen molar-refractivity contribution in [2.24, 2.45) is 5.92 Å². The lowest BCUT2D eigenvalue weighted by Gasteiger charge is -2.31. The first-order valence-corrected chi connectivity index (χ1v) is 11.3. The molecule has 162 valence electrons. The number of carbonyl (C=O) groups excluding carboxylic acids is 1. The van der Waals surface area contributed by atoms with Gasteiger partial charge in [-0.05, 0) is 61.7 Å². The second-order valence-electron chi connectivity index (χ2n) is 7.60. The molecule has 0 bridgehead atoms. The number of carbonyl (C=O) groups is 1. The fourth-order valence-electron chi connectivity index (χ4n) is 3.78. The molecule has 2 aromatic carbocycles. The Morgan fingerprint density at radius 3 is 2.65 bits per heavy atom. The highest BCUT2D eigenvalue weighted by Crippen LogP contribution is 2.26. The quantitative estimate of drug-likeness (QED) is 0.623. The fraction of sp³-hybridized carbons (Fsp3) is 0.273. The average molecular weight is 444 g/mol. The molecule has 1 aliphatic rings. The highest BCUT2D eigenvalue weighted by molar-refractivity contribution is 7.89. The van der Waals surface area contributed by atoms with Crippen molar-refractivity contribution in [1.29, 1.82) is 0 Å². The SMILES string of the molecule is Cc1cc(=O)oc2cc(NC(=O)[C@H]3CCCN(S(=O)(=O)c4ccc(F)cc4)C3)ccc12. The Bertz CT molecular complexity index is 1300. The van der Waals surface area contributed by atoms with Crippen LogP contribution in [-0.4, -0.2) is 31.7 Å². The van der Waals surface area contributed by atoms with Crippen LogP contribution in [0.25, 0.3) is 11.0 Å². The zero-order valence-electron chi connectivity index (χ0n) is 16.8. The number of sulfonamides is 1. The number of nitrogens with zero attached hydrogens (tertiary/aromatic N) is 1. The van der Waals surface area contributed by atoms with Crippen molar-refractivity contribution >= 4 is 32.6 Å². The van der Waals surface area contributed by atoms with Gasteiger partial charge in [0.25, 0.3) is 0 Å². The van der Waals surface area contributed by atoms with E-state index in [4.69, 9.17) is 4.42 Å². The number of anilines is 1. The van der Waals surface area contributed by atoms with Gasteiger partial charge in [0.05, 0.1) is 10.8 Å². The van der Waals surface area contributed by atoms with Gasteiger partial charge in [0.1, 0.15) is 11.4 Å². The largest absolute Gasteiger partial charge is 0.423 e. The number of fused-ring (bicyclic) bond motifs is 1. The molecule has 0 unspecified atom stereocenters. The third-order valence-electron chi connectivity index (χ3n) is 5.43. The maximum absolute atomic E-state index is 13.1. The molecule has 1 saturated heterocycles. The second-order valence-corrected chi connectivity index (χ2v) is 9.54. The van der Waals surface area contributed by atoms with E-state index in [2.05, 4.69) is 5.32 Å². The lowest BCUT2D eigenvalue weighted by atomic mass is 9.98. The van der Waals surface area contributed by atoms with Crippen molar-refractivity contribution in [1.82, 2.24) is 4.31 Å². The highest BCUT2D eigenvalue weighted by atomic mass is 32.2. The molecule has 0 saturated carbocycles. The average Bonchev–Trinajstić information content (AvgIpc) is 2.73. The molecule has 31 heavy (non-hydrogen) atoms. The lowest BCUT2D eigenvalue weighted by Crippen LogP contribution is -2.43. The number of aryl methyl sites for hydroxylation is 1. The number of rotatable bonds is 4. The van der Waals surface area contributed by atoms with Crippen LogP contribution in [0.2, 0.25) is 0 Å². The van der Waals surface area contributed by atoms with Gasteiger partial charge in [0.15, 0.2) is 0 Å².